The van der Waals surface area contributed by atoms with E-state index >= 15 is 0 Å². The molecule has 0 radical (unpaired) electrons. The standard InChI is InChI=1S/C27H26N2O3/c1-17-6-9-19(10-7-17)16-32-21-13-11-20(12-14-21)27-23-5-3-4-22(23)25-24(29(30)31)15-8-18(2)26(25)28-27/h3-4,6-15,22-23,27-28H,5,16H2,1-2H3. The van der Waals surface area contributed by atoms with E-state index in [1.807, 2.05) is 25.1 Å². The summed E-state index contributed by atoms with van der Waals surface area (Å²) in [6, 6.07) is 20.2. The largest absolute Gasteiger partial charge is 0.489 e. The normalized spacial score (nSPS) is 20.9. The number of allylic oxidation sites excluding steroid dienone is 2. The molecule has 1 heterocycles. The van der Waals surface area contributed by atoms with Crippen molar-refractivity contribution in [1.82, 2.24) is 0 Å². The molecule has 0 saturated heterocycles. The van der Waals surface area contributed by atoms with Crippen molar-refractivity contribution >= 4 is 11.4 Å². The highest BCUT2D eigenvalue weighted by atomic mass is 16.6. The number of benzene rings is 3. The van der Waals surface area contributed by atoms with Gasteiger partial charge in [0.15, 0.2) is 0 Å². The SMILES string of the molecule is Cc1ccc(COc2ccc(C3Nc4c(C)ccc([N+](=O)[O-])c4C4C=CCC43)cc2)cc1. The van der Waals surface area contributed by atoms with Crippen LogP contribution in [0.1, 0.15) is 46.2 Å². The number of ether oxygens (including phenoxy) is 1. The maximum atomic E-state index is 11.7. The second kappa shape index (κ2) is 8.15. The zero-order valence-corrected chi connectivity index (χ0v) is 18.2. The minimum absolute atomic E-state index is 0.0500. The van der Waals surface area contributed by atoms with Gasteiger partial charge >= 0.3 is 0 Å². The number of aryl methyl sites for hydroxylation is 2. The molecule has 5 rings (SSSR count). The minimum atomic E-state index is -0.260. The molecule has 3 aromatic carbocycles. The Labute approximate surface area is 187 Å². The van der Waals surface area contributed by atoms with Crippen molar-refractivity contribution in [3.8, 4) is 5.75 Å². The van der Waals surface area contributed by atoms with Gasteiger partial charge in [0.05, 0.1) is 16.5 Å². The summed E-state index contributed by atoms with van der Waals surface area (Å²) in [4.78, 5) is 11.4. The van der Waals surface area contributed by atoms with E-state index in [4.69, 9.17) is 4.74 Å². The number of hydrogen-bond acceptors (Lipinski definition) is 4. The lowest BCUT2D eigenvalue weighted by Gasteiger charge is -2.38. The van der Waals surface area contributed by atoms with E-state index in [-0.39, 0.29) is 28.5 Å². The van der Waals surface area contributed by atoms with Crippen molar-refractivity contribution in [1.29, 1.82) is 0 Å². The van der Waals surface area contributed by atoms with Crippen LogP contribution >= 0.6 is 0 Å². The van der Waals surface area contributed by atoms with Crippen molar-refractivity contribution < 1.29 is 9.66 Å². The average molecular weight is 427 g/mol. The lowest BCUT2D eigenvalue weighted by molar-refractivity contribution is -0.385. The average Bonchev–Trinajstić information content (AvgIpc) is 3.29. The van der Waals surface area contributed by atoms with Gasteiger partial charge in [-0.05, 0) is 55.0 Å². The van der Waals surface area contributed by atoms with E-state index in [2.05, 4.69) is 60.8 Å². The zero-order valence-electron chi connectivity index (χ0n) is 18.2. The number of anilines is 1. The number of fused-ring (bicyclic) bond motifs is 3. The number of rotatable bonds is 5. The first-order chi connectivity index (χ1) is 15.5. The minimum Gasteiger partial charge on any atom is -0.489 e. The van der Waals surface area contributed by atoms with Crippen LogP contribution in [0.5, 0.6) is 5.75 Å². The highest BCUT2D eigenvalue weighted by Gasteiger charge is 2.42. The quantitative estimate of drug-likeness (QED) is 0.283. The smallest absolute Gasteiger partial charge is 0.275 e. The molecule has 0 fully saturated rings. The first kappa shape index (κ1) is 20.3. The van der Waals surface area contributed by atoms with Crippen molar-refractivity contribution in [2.45, 2.75) is 38.8 Å². The summed E-state index contributed by atoms with van der Waals surface area (Å²) in [5.41, 5.74) is 6.51. The van der Waals surface area contributed by atoms with Crippen LogP contribution in [0.4, 0.5) is 11.4 Å². The molecule has 3 unspecified atom stereocenters. The Bertz CT molecular complexity index is 1180. The molecule has 0 spiro atoms. The number of nitrogens with zero attached hydrogens (tertiary/aromatic N) is 1. The van der Waals surface area contributed by atoms with E-state index in [1.54, 1.807) is 6.07 Å². The molecule has 162 valence electrons. The second-order valence-corrected chi connectivity index (χ2v) is 8.77. The maximum Gasteiger partial charge on any atom is 0.275 e. The number of nitro benzene ring substituents is 1. The van der Waals surface area contributed by atoms with Crippen molar-refractivity contribution in [3.05, 3.63) is 111 Å². The number of nitro groups is 1. The molecule has 0 bridgehead atoms. The molecule has 3 atom stereocenters. The van der Waals surface area contributed by atoms with Gasteiger partial charge in [-0.25, -0.2) is 0 Å². The van der Waals surface area contributed by atoms with Gasteiger partial charge in [0, 0.05) is 17.7 Å². The lowest BCUT2D eigenvalue weighted by atomic mass is 9.75. The molecule has 0 saturated carbocycles. The van der Waals surface area contributed by atoms with Crippen LogP contribution < -0.4 is 10.1 Å². The third-order valence-electron chi connectivity index (χ3n) is 6.67. The van der Waals surface area contributed by atoms with Crippen molar-refractivity contribution in [2.75, 3.05) is 5.32 Å². The van der Waals surface area contributed by atoms with Crippen molar-refractivity contribution in [2.24, 2.45) is 5.92 Å². The van der Waals surface area contributed by atoms with E-state index in [0.29, 0.717) is 6.61 Å². The van der Waals surface area contributed by atoms with Gasteiger partial charge in [-0.3, -0.25) is 10.1 Å². The van der Waals surface area contributed by atoms with Gasteiger partial charge in [-0.1, -0.05) is 60.2 Å². The topological polar surface area (TPSA) is 64.4 Å². The molecule has 1 N–H and O–H groups in total. The Morgan fingerprint density at radius 1 is 1.03 bits per heavy atom. The number of nitrogens with one attached hydrogen (secondary N) is 1. The Balaban J connectivity index is 1.39. The van der Waals surface area contributed by atoms with Gasteiger partial charge in [0.2, 0.25) is 0 Å². The molecule has 1 aliphatic carbocycles. The van der Waals surface area contributed by atoms with E-state index in [9.17, 15) is 10.1 Å². The van der Waals surface area contributed by atoms with E-state index < -0.39 is 0 Å². The first-order valence-corrected chi connectivity index (χ1v) is 11.0. The molecular formula is C27H26N2O3. The summed E-state index contributed by atoms with van der Waals surface area (Å²) >= 11 is 0. The molecule has 32 heavy (non-hydrogen) atoms. The summed E-state index contributed by atoms with van der Waals surface area (Å²) in [5, 5.41) is 15.3. The van der Waals surface area contributed by atoms with Crippen LogP contribution in [-0.2, 0) is 6.61 Å². The highest BCUT2D eigenvalue weighted by molar-refractivity contribution is 5.70. The molecule has 0 aromatic heterocycles. The Kier molecular flexibility index (Phi) is 5.17. The molecular weight excluding hydrogens is 400 g/mol. The Morgan fingerprint density at radius 3 is 2.50 bits per heavy atom. The monoisotopic (exact) mass is 426 g/mol. The molecule has 1 aliphatic heterocycles. The van der Waals surface area contributed by atoms with Crippen LogP contribution in [0, 0.1) is 29.9 Å². The molecule has 5 nitrogen and oxygen atoms in total. The van der Waals surface area contributed by atoms with Gasteiger partial charge in [0.1, 0.15) is 12.4 Å². The second-order valence-electron chi connectivity index (χ2n) is 8.77. The third-order valence-corrected chi connectivity index (χ3v) is 6.67. The summed E-state index contributed by atoms with van der Waals surface area (Å²) in [6.45, 7) is 4.62. The summed E-state index contributed by atoms with van der Waals surface area (Å²) in [6.07, 6.45) is 5.20. The summed E-state index contributed by atoms with van der Waals surface area (Å²) in [7, 11) is 0. The van der Waals surface area contributed by atoms with E-state index in [1.165, 1.54) is 11.1 Å². The van der Waals surface area contributed by atoms with E-state index in [0.717, 1.165) is 34.5 Å². The van der Waals surface area contributed by atoms with Gasteiger partial charge in [-0.15, -0.1) is 0 Å². The predicted molar refractivity (Wildman–Crippen MR) is 126 cm³/mol. The van der Waals surface area contributed by atoms with Crippen LogP contribution in [0.2, 0.25) is 0 Å². The van der Waals surface area contributed by atoms with Gasteiger partial charge in [0.25, 0.3) is 5.69 Å². The molecule has 0 amide bonds. The van der Waals surface area contributed by atoms with Crippen LogP contribution in [0.25, 0.3) is 0 Å². The maximum absolute atomic E-state index is 11.7. The van der Waals surface area contributed by atoms with Gasteiger partial charge in [-0.2, -0.15) is 0 Å². The fourth-order valence-electron chi connectivity index (χ4n) is 4.95. The Hall–Kier alpha value is -3.60. The Morgan fingerprint density at radius 2 is 1.78 bits per heavy atom. The van der Waals surface area contributed by atoms with Gasteiger partial charge < -0.3 is 10.1 Å². The highest BCUT2D eigenvalue weighted by Crippen LogP contribution is 2.53. The molecule has 3 aromatic rings. The lowest BCUT2D eigenvalue weighted by Crippen LogP contribution is -2.30. The number of hydrogen-bond donors (Lipinski definition) is 1. The third kappa shape index (κ3) is 3.64. The fraction of sp³-hybridized carbons (Fsp3) is 0.259. The van der Waals surface area contributed by atoms with Crippen LogP contribution in [0.15, 0.2) is 72.8 Å². The summed E-state index contributed by atoms with van der Waals surface area (Å²) in [5.74, 6) is 1.13. The predicted octanol–water partition coefficient (Wildman–Crippen LogP) is 6.62. The van der Waals surface area contributed by atoms with Crippen molar-refractivity contribution in [3.63, 3.8) is 0 Å². The zero-order chi connectivity index (χ0) is 22.2. The molecule has 5 heteroatoms. The van der Waals surface area contributed by atoms with Crippen LogP contribution in [-0.4, -0.2) is 4.92 Å². The molecule has 2 aliphatic rings. The summed E-state index contributed by atoms with van der Waals surface area (Å²) < 4.78 is 5.97. The van der Waals surface area contributed by atoms with Crippen LogP contribution in [0.3, 0.4) is 0 Å². The first-order valence-electron chi connectivity index (χ1n) is 11.0. The fourth-order valence-corrected chi connectivity index (χ4v) is 4.95.